The minimum Gasteiger partial charge on any atom is -0.378 e. The van der Waals surface area contributed by atoms with Crippen LogP contribution in [0.2, 0.25) is 0 Å². The van der Waals surface area contributed by atoms with Crippen molar-refractivity contribution < 1.29 is 0 Å². The quantitative estimate of drug-likeness (QED) is 0.883. The second-order valence-electron chi connectivity index (χ2n) is 3.72. The Balaban J connectivity index is 2.27. The van der Waals surface area contributed by atoms with Crippen molar-refractivity contribution in [2.24, 2.45) is 0 Å². The van der Waals surface area contributed by atoms with Gasteiger partial charge in [-0.3, -0.25) is 0 Å². The van der Waals surface area contributed by atoms with Crippen molar-refractivity contribution in [3.63, 3.8) is 0 Å². The van der Waals surface area contributed by atoms with Gasteiger partial charge in [0.15, 0.2) is 5.13 Å². The van der Waals surface area contributed by atoms with Crippen molar-refractivity contribution in [2.75, 3.05) is 31.4 Å². The van der Waals surface area contributed by atoms with Gasteiger partial charge in [-0.25, -0.2) is 4.98 Å². The largest absolute Gasteiger partial charge is 0.378 e. The Hall–Kier alpha value is -1.55. The average Bonchev–Trinajstić information content (AvgIpc) is 2.77. The van der Waals surface area contributed by atoms with Gasteiger partial charge in [0, 0.05) is 33.0 Å². The van der Waals surface area contributed by atoms with Crippen molar-refractivity contribution in [3.05, 3.63) is 30.5 Å². The number of benzene rings is 1. The summed E-state index contributed by atoms with van der Waals surface area (Å²) in [7, 11) is 5.97. The molecule has 0 radical (unpaired) electrons. The predicted molar refractivity (Wildman–Crippen MR) is 71.4 cm³/mol. The first-order valence-corrected chi connectivity index (χ1v) is 5.93. The molecule has 0 saturated heterocycles. The molecular formula is C12H15N3S. The molecule has 1 N–H and O–H groups in total. The second kappa shape index (κ2) is 4.53. The molecule has 4 heteroatoms. The Morgan fingerprint density at radius 3 is 2.38 bits per heavy atom. The lowest BCUT2D eigenvalue weighted by Gasteiger charge is -2.12. The number of anilines is 2. The minimum absolute atomic E-state index is 0.951. The number of aromatic nitrogens is 1. The molecule has 1 aromatic heterocycles. The first kappa shape index (κ1) is 11.0. The van der Waals surface area contributed by atoms with Gasteiger partial charge in [-0.1, -0.05) is 23.5 Å². The summed E-state index contributed by atoms with van der Waals surface area (Å²) in [4.78, 5) is 7.55. The summed E-state index contributed by atoms with van der Waals surface area (Å²) in [5.74, 6) is 0. The number of nitrogens with one attached hydrogen (secondary N) is 1. The minimum atomic E-state index is 0.951. The Morgan fingerprint density at radius 1 is 1.19 bits per heavy atom. The first-order valence-electron chi connectivity index (χ1n) is 5.12. The number of rotatable bonds is 3. The van der Waals surface area contributed by atoms with E-state index in [4.69, 9.17) is 0 Å². The summed E-state index contributed by atoms with van der Waals surface area (Å²) in [5.41, 5.74) is 2.42. The number of hydrogen-bond acceptors (Lipinski definition) is 4. The van der Waals surface area contributed by atoms with Gasteiger partial charge in [0.25, 0.3) is 0 Å². The van der Waals surface area contributed by atoms with Gasteiger partial charge < -0.3 is 10.2 Å². The van der Waals surface area contributed by atoms with Crippen molar-refractivity contribution in [1.29, 1.82) is 0 Å². The number of thiazole rings is 1. The fraction of sp³-hybridized carbons (Fsp3) is 0.250. The highest BCUT2D eigenvalue weighted by Gasteiger charge is 2.03. The Kier molecular flexibility index (Phi) is 3.10. The lowest BCUT2D eigenvalue weighted by Crippen LogP contribution is -2.07. The maximum absolute atomic E-state index is 4.27. The van der Waals surface area contributed by atoms with E-state index in [2.05, 4.69) is 39.5 Å². The van der Waals surface area contributed by atoms with Crippen LogP contribution in [0.3, 0.4) is 0 Å². The lowest BCUT2D eigenvalue weighted by molar-refractivity contribution is 1.13. The van der Waals surface area contributed by atoms with E-state index in [0.29, 0.717) is 0 Å². The highest BCUT2D eigenvalue weighted by molar-refractivity contribution is 7.18. The third kappa shape index (κ3) is 2.17. The van der Waals surface area contributed by atoms with E-state index in [1.807, 2.05) is 27.3 Å². The molecule has 0 aliphatic carbocycles. The molecule has 0 amide bonds. The van der Waals surface area contributed by atoms with Crippen LogP contribution in [-0.4, -0.2) is 26.1 Å². The summed E-state index contributed by atoms with van der Waals surface area (Å²) in [6.45, 7) is 0. The number of hydrogen-bond donors (Lipinski definition) is 1. The van der Waals surface area contributed by atoms with Crippen molar-refractivity contribution in [3.8, 4) is 10.4 Å². The van der Waals surface area contributed by atoms with E-state index in [0.717, 1.165) is 5.13 Å². The fourth-order valence-electron chi connectivity index (χ4n) is 1.45. The summed E-state index contributed by atoms with van der Waals surface area (Å²) in [6, 6.07) is 8.49. The predicted octanol–water partition coefficient (Wildman–Crippen LogP) is 2.92. The maximum atomic E-state index is 4.27. The van der Waals surface area contributed by atoms with Gasteiger partial charge >= 0.3 is 0 Å². The van der Waals surface area contributed by atoms with Crippen molar-refractivity contribution in [2.45, 2.75) is 0 Å². The molecule has 0 atom stereocenters. The van der Waals surface area contributed by atoms with Crippen molar-refractivity contribution in [1.82, 2.24) is 4.98 Å². The zero-order valence-electron chi connectivity index (χ0n) is 9.69. The molecular weight excluding hydrogens is 218 g/mol. The summed E-state index contributed by atoms with van der Waals surface area (Å²) in [6.07, 6.45) is 1.90. The van der Waals surface area contributed by atoms with Gasteiger partial charge in [0.05, 0.1) is 4.88 Å². The van der Waals surface area contributed by atoms with E-state index >= 15 is 0 Å². The molecule has 84 valence electrons. The van der Waals surface area contributed by atoms with Crippen LogP contribution in [0.25, 0.3) is 10.4 Å². The maximum Gasteiger partial charge on any atom is 0.182 e. The van der Waals surface area contributed by atoms with E-state index in [1.165, 1.54) is 16.1 Å². The van der Waals surface area contributed by atoms with Crippen LogP contribution in [-0.2, 0) is 0 Å². The van der Waals surface area contributed by atoms with Crippen LogP contribution < -0.4 is 10.2 Å². The van der Waals surface area contributed by atoms with Crippen LogP contribution >= 0.6 is 11.3 Å². The highest BCUT2D eigenvalue weighted by atomic mass is 32.1. The molecule has 2 aromatic rings. The molecule has 0 fully saturated rings. The number of nitrogens with zero attached hydrogens (tertiary/aromatic N) is 2. The standard InChI is InChI=1S/C12H15N3S/c1-13-12-14-8-11(16-12)9-4-6-10(7-5-9)15(2)3/h4-8H,1-3H3,(H,13,14). The van der Waals surface area contributed by atoms with E-state index in [1.54, 1.807) is 11.3 Å². The first-order chi connectivity index (χ1) is 7.70. The van der Waals surface area contributed by atoms with Crippen LogP contribution in [0.5, 0.6) is 0 Å². The Labute approximate surface area is 99.8 Å². The fourth-order valence-corrected chi connectivity index (χ4v) is 2.22. The normalized spacial score (nSPS) is 10.2. The van der Waals surface area contributed by atoms with Crippen LogP contribution in [0.15, 0.2) is 30.5 Å². The van der Waals surface area contributed by atoms with E-state index in [-0.39, 0.29) is 0 Å². The molecule has 0 spiro atoms. The van der Waals surface area contributed by atoms with Gasteiger partial charge in [-0.2, -0.15) is 0 Å². The van der Waals surface area contributed by atoms with Gasteiger partial charge in [0.1, 0.15) is 0 Å². The van der Waals surface area contributed by atoms with Crippen LogP contribution in [0.4, 0.5) is 10.8 Å². The molecule has 3 nitrogen and oxygen atoms in total. The van der Waals surface area contributed by atoms with Crippen molar-refractivity contribution >= 4 is 22.2 Å². The molecule has 0 aliphatic heterocycles. The Morgan fingerprint density at radius 2 is 1.88 bits per heavy atom. The smallest absolute Gasteiger partial charge is 0.182 e. The second-order valence-corrected chi connectivity index (χ2v) is 4.75. The molecule has 0 saturated carbocycles. The van der Waals surface area contributed by atoms with E-state index < -0.39 is 0 Å². The third-order valence-electron chi connectivity index (χ3n) is 2.39. The highest BCUT2D eigenvalue weighted by Crippen LogP contribution is 2.29. The zero-order valence-corrected chi connectivity index (χ0v) is 10.5. The molecule has 0 aliphatic rings. The van der Waals surface area contributed by atoms with Crippen LogP contribution in [0.1, 0.15) is 0 Å². The molecule has 1 heterocycles. The average molecular weight is 233 g/mol. The molecule has 0 bridgehead atoms. The molecule has 0 unspecified atom stereocenters. The molecule has 2 rings (SSSR count). The van der Waals surface area contributed by atoms with E-state index in [9.17, 15) is 0 Å². The topological polar surface area (TPSA) is 28.2 Å². The molecule has 1 aromatic carbocycles. The van der Waals surface area contributed by atoms with Gasteiger partial charge in [-0.15, -0.1) is 0 Å². The van der Waals surface area contributed by atoms with Gasteiger partial charge in [0.2, 0.25) is 0 Å². The summed E-state index contributed by atoms with van der Waals surface area (Å²) in [5, 5.41) is 4.00. The summed E-state index contributed by atoms with van der Waals surface area (Å²) < 4.78 is 0. The monoisotopic (exact) mass is 233 g/mol. The SMILES string of the molecule is CNc1ncc(-c2ccc(N(C)C)cc2)s1. The van der Waals surface area contributed by atoms with Crippen LogP contribution in [0, 0.1) is 0 Å². The lowest BCUT2D eigenvalue weighted by atomic mass is 10.2. The molecule has 16 heavy (non-hydrogen) atoms. The zero-order chi connectivity index (χ0) is 11.5. The van der Waals surface area contributed by atoms with Gasteiger partial charge in [-0.05, 0) is 17.7 Å². The summed E-state index contributed by atoms with van der Waals surface area (Å²) >= 11 is 1.66. The third-order valence-corrected chi connectivity index (χ3v) is 3.45. The Bertz CT molecular complexity index is 459.